The van der Waals surface area contributed by atoms with Gasteiger partial charge in [0.2, 0.25) is 6.79 Å². The Labute approximate surface area is 95.5 Å². The van der Waals surface area contributed by atoms with Crippen molar-refractivity contribution in [3.8, 4) is 11.5 Å². The van der Waals surface area contributed by atoms with E-state index in [4.69, 9.17) is 15.2 Å². The van der Waals surface area contributed by atoms with Crippen LogP contribution in [0.1, 0.15) is 37.3 Å². The van der Waals surface area contributed by atoms with Crippen molar-refractivity contribution in [1.29, 1.82) is 0 Å². The molecule has 1 aliphatic carbocycles. The number of ether oxygens (including phenoxy) is 2. The molecule has 0 amide bonds. The summed E-state index contributed by atoms with van der Waals surface area (Å²) in [6.45, 7) is 0.323. The zero-order valence-corrected chi connectivity index (χ0v) is 9.32. The Hall–Kier alpha value is -1.22. The van der Waals surface area contributed by atoms with Gasteiger partial charge in [-0.15, -0.1) is 0 Å². The fourth-order valence-electron chi connectivity index (χ4n) is 2.79. The minimum atomic E-state index is 0.0964. The Morgan fingerprint density at radius 1 is 1.19 bits per heavy atom. The van der Waals surface area contributed by atoms with E-state index in [0.29, 0.717) is 12.7 Å². The Balaban J connectivity index is 1.91. The van der Waals surface area contributed by atoms with Crippen LogP contribution in [0.15, 0.2) is 18.2 Å². The summed E-state index contributed by atoms with van der Waals surface area (Å²) in [6.07, 6.45) is 5.10. The van der Waals surface area contributed by atoms with Gasteiger partial charge in [0.25, 0.3) is 0 Å². The molecule has 2 aliphatic rings. The first-order valence-electron chi connectivity index (χ1n) is 6.00. The summed E-state index contributed by atoms with van der Waals surface area (Å²) in [5.74, 6) is 2.31. The lowest BCUT2D eigenvalue weighted by atomic mass is 9.92. The number of fused-ring (bicyclic) bond motifs is 1. The minimum absolute atomic E-state index is 0.0964. The Morgan fingerprint density at radius 3 is 2.81 bits per heavy atom. The van der Waals surface area contributed by atoms with Crippen LogP contribution in [-0.2, 0) is 0 Å². The van der Waals surface area contributed by atoms with Gasteiger partial charge in [-0.25, -0.2) is 0 Å². The van der Waals surface area contributed by atoms with Gasteiger partial charge < -0.3 is 15.2 Å². The van der Waals surface area contributed by atoms with Crippen LogP contribution >= 0.6 is 0 Å². The van der Waals surface area contributed by atoms with Crippen LogP contribution in [-0.4, -0.2) is 6.79 Å². The highest BCUT2D eigenvalue weighted by atomic mass is 16.7. The standard InChI is InChI=1S/C13H17NO2/c14-12(9-4-1-2-5-9)10-6-3-7-11-13(10)16-8-15-11/h3,6-7,9,12H,1-2,4-5,8,14H2/t12-/m0/s1. The van der Waals surface area contributed by atoms with Gasteiger partial charge in [0.1, 0.15) is 0 Å². The largest absolute Gasteiger partial charge is 0.454 e. The molecule has 1 atom stereocenters. The Kier molecular flexibility index (Phi) is 2.48. The summed E-state index contributed by atoms with van der Waals surface area (Å²) in [7, 11) is 0. The normalized spacial score (nSPS) is 21.3. The molecular weight excluding hydrogens is 202 g/mol. The quantitative estimate of drug-likeness (QED) is 0.831. The van der Waals surface area contributed by atoms with E-state index in [1.165, 1.54) is 25.7 Å². The third-order valence-electron chi connectivity index (χ3n) is 3.69. The second-order valence-electron chi connectivity index (χ2n) is 4.65. The van der Waals surface area contributed by atoms with Crippen molar-refractivity contribution in [2.24, 2.45) is 11.7 Å². The third kappa shape index (κ3) is 1.55. The van der Waals surface area contributed by atoms with Gasteiger partial charge in [0.15, 0.2) is 11.5 Å². The third-order valence-corrected chi connectivity index (χ3v) is 3.69. The molecule has 1 aliphatic heterocycles. The molecule has 0 unspecified atom stereocenters. The van der Waals surface area contributed by atoms with Crippen LogP contribution in [0.3, 0.4) is 0 Å². The van der Waals surface area contributed by atoms with E-state index >= 15 is 0 Å². The maximum atomic E-state index is 6.34. The molecule has 16 heavy (non-hydrogen) atoms. The topological polar surface area (TPSA) is 44.5 Å². The fraction of sp³-hybridized carbons (Fsp3) is 0.538. The monoisotopic (exact) mass is 219 g/mol. The molecule has 0 aromatic heterocycles. The van der Waals surface area contributed by atoms with Gasteiger partial charge in [-0.1, -0.05) is 25.0 Å². The van der Waals surface area contributed by atoms with Crippen molar-refractivity contribution in [2.75, 3.05) is 6.79 Å². The number of nitrogens with two attached hydrogens (primary N) is 1. The van der Waals surface area contributed by atoms with Crippen LogP contribution in [0, 0.1) is 5.92 Å². The molecule has 0 saturated heterocycles. The lowest BCUT2D eigenvalue weighted by Gasteiger charge is -2.20. The summed E-state index contributed by atoms with van der Waals surface area (Å²) >= 11 is 0. The molecule has 3 nitrogen and oxygen atoms in total. The number of benzene rings is 1. The zero-order chi connectivity index (χ0) is 11.0. The first kappa shape index (κ1) is 9.97. The SMILES string of the molecule is N[C@H](c1cccc2c1OCO2)C1CCCC1. The molecule has 86 valence electrons. The summed E-state index contributed by atoms with van der Waals surface area (Å²) < 4.78 is 10.9. The predicted octanol–water partition coefficient (Wildman–Crippen LogP) is 2.61. The zero-order valence-electron chi connectivity index (χ0n) is 9.32. The highest BCUT2D eigenvalue weighted by molar-refractivity contribution is 5.49. The van der Waals surface area contributed by atoms with Gasteiger partial charge in [0, 0.05) is 11.6 Å². The molecule has 3 rings (SSSR count). The fourth-order valence-corrected chi connectivity index (χ4v) is 2.79. The molecule has 3 heteroatoms. The maximum absolute atomic E-state index is 6.34. The highest BCUT2D eigenvalue weighted by Crippen LogP contribution is 2.42. The van der Waals surface area contributed by atoms with E-state index in [2.05, 4.69) is 6.07 Å². The van der Waals surface area contributed by atoms with Crippen LogP contribution in [0.25, 0.3) is 0 Å². The van der Waals surface area contributed by atoms with Gasteiger partial charge in [-0.3, -0.25) is 0 Å². The summed E-state index contributed by atoms with van der Waals surface area (Å²) in [5, 5.41) is 0. The second kappa shape index (κ2) is 3.98. The average molecular weight is 219 g/mol. The summed E-state index contributed by atoms with van der Waals surface area (Å²) in [6, 6.07) is 6.10. The first-order chi connectivity index (χ1) is 7.86. The van der Waals surface area contributed by atoms with Crippen molar-refractivity contribution in [2.45, 2.75) is 31.7 Å². The number of para-hydroxylation sites is 1. The first-order valence-corrected chi connectivity index (χ1v) is 6.00. The van der Waals surface area contributed by atoms with Crippen LogP contribution in [0.4, 0.5) is 0 Å². The highest BCUT2D eigenvalue weighted by Gasteiger charge is 2.28. The van der Waals surface area contributed by atoms with E-state index in [1.807, 2.05) is 12.1 Å². The van der Waals surface area contributed by atoms with Crippen molar-refractivity contribution < 1.29 is 9.47 Å². The van der Waals surface area contributed by atoms with Crippen molar-refractivity contribution in [3.63, 3.8) is 0 Å². The predicted molar refractivity (Wildman–Crippen MR) is 61.5 cm³/mol. The smallest absolute Gasteiger partial charge is 0.231 e. The Bertz CT molecular complexity index is 386. The summed E-state index contributed by atoms with van der Waals surface area (Å²) in [5.41, 5.74) is 7.45. The number of rotatable bonds is 2. The van der Waals surface area contributed by atoms with Crippen LogP contribution in [0.2, 0.25) is 0 Å². The molecule has 2 N–H and O–H groups in total. The van der Waals surface area contributed by atoms with Gasteiger partial charge in [-0.05, 0) is 24.8 Å². The van der Waals surface area contributed by atoms with Gasteiger partial charge in [-0.2, -0.15) is 0 Å². The number of hydrogen-bond donors (Lipinski definition) is 1. The molecule has 0 spiro atoms. The molecule has 1 heterocycles. The van der Waals surface area contributed by atoms with Gasteiger partial charge in [0.05, 0.1) is 0 Å². The molecule has 1 fully saturated rings. The minimum Gasteiger partial charge on any atom is -0.454 e. The van der Waals surface area contributed by atoms with E-state index < -0.39 is 0 Å². The van der Waals surface area contributed by atoms with Crippen molar-refractivity contribution >= 4 is 0 Å². The van der Waals surface area contributed by atoms with Crippen LogP contribution < -0.4 is 15.2 Å². The average Bonchev–Trinajstić information content (AvgIpc) is 2.98. The van der Waals surface area contributed by atoms with Crippen molar-refractivity contribution in [3.05, 3.63) is 23.8 Å². The molecule has 1 aromatic carbocycles. The lowest BCUT2D eigenvalue weighted by Crippen LogP contribution is -2.19. The van der Waals surface area contributed by atoms with E-state index in [9.17, 15) is 0 Å². The molecular formula is C13H17NO2. The van der Waals surface area contributed by atoms with Crippen LogP contribution in [0.5, 0.6) is 11.5 Å². The lowest BCUT2D eigenvalue weighted by molar-refractivity contribution is 0.172. The second-order valence-corrected chi connectivity index (χ2v) is 4.65. The van der Waals surface area contributed by atoms with E-state index in [0.717, 1.165) is 17.1 Å². The molecule has 1 aromatic rings. The summed E-state index contributed by atoms with van der Waals surface area (Å²) in [4.78, 5) is 0. The van der Waals surface area contributed by atoms with Crippen molar-refractivity contribution in [1.82, 2.24) is 0 Å². The Morgan fingerprint density at radius 2 is 2.00 bits per heavy atom. The molecule has 1 saturated carbocycles. The molecule has 0 radical (unpaired) electrons. The maximum Gasteiger partial charge on any atom is 0.231 e. The van der Waals surface area contributed by atoms with Gasteiger partial charge >= 0.3 is 0 Å². The van der Waals surface area contributed by atoms with E-state index in [1.54, 1.807) is 0 Å². The molecule has 0 bridgehead atoms. The number of hydrogen-bond acceptors (Lipinski definition) is 3. The van der Waals surface area contributed by atoms with E-state index in [-0.39, 0.29) is 6.04 Å².